The van der Waals surface area contributed by atoms with Crippen LogP contribution in [0.25, 0.3) is 0 Å². The van der Waals surface area contributed by atoms with Crippen LogP contribution in [0.1, 0.15) is 115 Å². The molecular weight excluding hydrogens is 1080 g/mol. The van der Waals surface area contributed by atoms with Gasteiger partial charge in [-0.25, -0.2) is 0 Å². The van der Waals surface area contributed by atoms with Gasteiger partial charge < -0.3 is 48.7 Å². The van der Waals surface area contributed by atoms with E-state index in [1.807, 2.05) is 68.9 Å². The number of thioether (sulfide) groups is 1. The summed E-state index contributed by atoms with van der Waals surface area (Å²) in [5.41, 5.74) is 8.71. The minimum Gasteiger partial charge on any atom is -0.493 e. The maximum atomic E-state index is 14.4. The van der Waals surface area contributed by atoms with Gasteiger partial charge in [0.1, 0.15) is 13.2 Å². The maximum absolute atomic E-state index is 14.4. The fraction of sp³-hybridized carbons (Fsp3) is 0.508. The Kier molecular flexibility index (Phi) is 23.0. The highest BCUT2D eigenvalue weighted by atomic mass is 32.2. The van der Waals surface area contributed by atoms with Gasteiger partial charge in [0.05, 0.1) is 52.9 Å². The summed E-state index contributed by atoms with van der Waals surface area (Å²) in [7, 11) is 0.000942. The fourth-order valence-electron chi connectivity index (χ4n) is 11.3. The number of nitrogens with zero attached hydrogens (tertiary/aromatic N) is 1. The molecule has 5 unspecified atom stereocenters. The number of carbonyl (C=O) groups is 2. The highest BCUT2D eigenvalue weighted by Crippen LogP contribution is 2.43. The predicted octanol–water partition coefficient (Wildman–Crippen LogP) is 12.5. The Morgan fingerprint density at radius 3 is 1.89 bits per heavy atom. The summed E-state index contributed by atoms with van der Waals surface area (Å²) in [4.78, 5) is 30.6. The predicted molar refractivity (Wildman–Crippen MR) is 329 cm³/mol. The number of methoxy groups -OCH3 is 3. The van der Waals surface area contributed by atoms with Crippen LogP contribution in [0.15, 0.2) is 91.0 Å². The molecule has 0 spiro atoms. The number of rotatable bonds is 27. The van der Waals surface area contributed by atoms with Crippen LogP contribution in [-0.2, 0) is 50.4 Å². The highest BCUT2D eigenvalue weighted by Gasteiger charge is 2.43. The van der Waals surface area contributed by atoms with Crippen LogP contribution in [0.4, 0.5) is 17.1 Å². The molecule has 0 aromatic heterocycles. The summed E-state index contributed by atoms with van der Waals surface area (Å²) in [5, 5.41) is 5.68. The number of benzene rings is 5. The number of ketones is 2. The SMILES string of the molecule is COCCOCCOCCN(CC(C)(C)SC(C)C)c1cc(COc2cc3c(cc2OC)C(=O)CCCC(Cc2ccccc2C)CN3)cc(COc2cc3c(cc2OC)C(=O)C(C)C(C)C(Cc2ccccc2C)C(S(=O)(=O)O)N3)c1. The molecule has 0 radical (unpaired) electrons. The van der Waals surface area contributed by atoms with Crippen LogP contribution in [0, 0.1) is 37.5 Å². The molecule has 446 valence electrons. The first-order valence-corrected chi connectivity index (χ1v) is 31.1. The second-order valence-corrected chi connectivity index (χ2v) is 26.6. The summed E-state index contributed by atoms with van der Waals surface area (Å²) < 4.78 is 79.9. The number of Topliss-reactive ketones (excluding diaryl/α,β-unsaturated/α-hetero) is 2. The van der Waals surface area contributed by atoms with Gasteiger partial charge in [-0.3, -0.25) is 14.1 Å². The topological polar surface area (TPSA) is 180 Å². The lowest BCUT2D eigenvalue weighted by Gasteiger charge is -2.37. The van der Waals surface area contributed by atoms with Crippen molar-refractivity contribution in [2.75, 3.05) is 89.5 Å². The third-order valence-electron chi connectivity index (χ3n) is 15.8. The number of hydrogen-bond donors (Lipinski definition) is 3. The van der Waals surface area contributed by atoms with Crippen LogP contribution in [-0.4, -0.2) is 114 Å². The molecule has 17 heteroatoms. The highest BCUT2D eigenvalue weighted by molar-refractivity contribution is 8.01. The van der Waals surface area contributed by atoms with Crippen LogP contribution in [0.3, 0.4) is 0 Å². The van der Waals surface area contributed by atoms with Gasteiger partial charge in [0.2, 0.25) is 0 Å². The zero-order valence-corrected chi connectivity index (χ0v) is 51.6. The Hall–Kier alpha value is -5.82. The van der Waals surface area contributed by atoms with Crippen molar-refractivity contribution in [2.24, 2.45) is 23.7 Å². The van der Waals surface area contributed by atoms with Crippen LogP contribution in [0.2, 0.25) is 0 Å². The Balaban J connectivity index is 1.23. The quantitative estimate of drug-likeness (QED) is 0.0333. The van der Waals surface area contributed by atoms with Crippen molar-refractivity contribution in [1.29, 1.82) is 0 Å². The first-order chi connectivity index (χ1) is 39.2. The van der Waals surface area contributed by atoms with Crippen molar-refractivity contribution < 1.29 is 55.7 Å². The van der Waals surface area contributed by atoms with E-state index in [0.29, 0.717) is 99.4 Å². The summed E-state index contributed by atoms with van der Waals surface area (Å²) in [6.07, 6.45) is 3.36. The van der Waals surface area contributed by atoms with Gasteiger partial charge in [-0.15, -0.1) is 0 Å². The van der Waals surface area contributed by atoms with Crippen molar-refractivity contribution in [3.05, 3.63) is 136 Å². The van der Waals surface area contributed by atoms with Crippen molar-refractivity contribution in [1.82, 2.24) is 0 Å². The van der Waals surface area contributed by atoms with Gasteiger partial charge in [-0.2, -0.15) is 20.2 Å². The van der Waals surface area contributed by atoms with Gasteiger partial charge in [-0.1, -0.05) is 76.2 Å². The number of hydrogen-bond acceptors (Lipinski definition) is 15. The molecule has 2 aliphatic heterocycles. The molecule has 3 N–H and O–H groups in total. The molecule has 15 nitrogen and oxygen atoms in total. The maximum Gasteiger partial charge on any atom is 0.286 e. The summed E-state index contributed by atoms with van der Waals surface area (Å²) >= 11 is 1.89. The monoisotopic (exact) mass is 1170 g/mol. The average molecular weight is 1170 g/mol. The van der Waals surface area contributed by atoms with Crippen LogP contribution < -0.4 is 34.5 Å². The molecule has 7 rings (SSSR count). The van der Waals surface area contributed by atoms with E-state index in [9.17, 15) is 22.6 Å². The largest absolute Gasteiger partial charge is 0.493 e. The number of fused-ring (bicyclic) bond motifs is 2. The normalized spacial score (nSPS) is 18.6. The summed E-state index contributed by atoms with van der Waals surface area (Å²) in [6.45, 7) is 21.0. The Bertz CT molecular complexity index is 3060. The van der Waals surface area contributed by atoms with Crippen LogP contribution >= 0.6 is 11.8 Å². The van der Waals surface area contributed by atoms with E-state index in [4.69, 9.17) is 33.2 Å². The standard InChI is InChI=1S/C65H87N3O12S2/c1-42(2)81-65(7,8)41-68(23-24-77-27-28-78-26-25-74-9)52-31-48(39-79-61-36-56-54(34-59(61)75-10)58(69)22-16-19-47(38-66-56)30-50-20-14-12-17-43(50)3)29-49(32-52)40-80-62-37-57-55(35-60(62)76-11)63(70)46(6)45(5)53(64(67-57)82(71,72)73)33-51-21-15-13-18-44(51)4/h12-15,17-18,20-21,29,31-32,34-37,42,45-47,53,64,66-67H,16,19,22-28,30,33,38-41H2,1-11H3,(H,71,72,73). The first kappa shape index (κ1) is 63.8. The van der Waals surface area contributed by atoms with Crippen molar-refractivity contribution in [3.63, 3.8) is 0 Å². The molecule has 0 bridgehead atoms. The second-order valence-electron chi connectivity index (χ2n) is 22.8. The molecule has 0 fully saturated rings. The third-order valence-corrected chi connectivity index (χ3v) is 18.1. The molecule has 0 saturated carbocycles. The van der Waals surface area contributed by atoms with Gasteiger partial charge >= 0.3 is 0 Å². The number of nitrogens with one attached hydrogen (secondary N) is 2. The second kappa shape index (κ2) is 29.6. The van der Waals surface area contributed by atoms with E-state index >= 15 is 0 Å². The van der Waals surface area contributed by atoms with Crippen molar-refractivity contribution >= 4 is 50.5 Å². The average Bonchev–Trinajstić information content (AvgIpc) is 3.17. The number of aryl methyl sites for hydroxylation is 2. The minimum atomic E-state index is -4.72. The Labute approximate surface area is 491 Å². The van der Waals surface area contributed by atoms with Crippen molar-refractivity contribution in [3.8, 4) is 23.0 Å². The Morgan fingerprint density at radius 2 is 1.30 bits per heavy atom. The number of ether oxygens (including phenoxy) is 7. The van der Waals surface area contributed by atoms with E-state index in [1.54, 1.807) is 32.4 Å². The molecular formula is C65H87N3O12S2. The smallest absolute Gasteiger partial charge is 0.286 e. The lowest BCUT2D eigenvalue weighted by molar-refractivity contribution is 0.0264. The fourth-order valence-corrected chi connectivity index (χ4v) is 13.9. The van der Waals surface area contributed by atoms with Crippen molar-refractivity contribution in [2.45, 2.75) is 116 Å². The zero-order valence-electron chi connectivity index (χ0n) is 49.9. The molecule has 5 aromatic carbocycles. The Morgan fingerprint density at radius 1 is 0.732 bits per heavy atom. The molecule has 0 saturated heterocycles. The zero-order chi connectivity index (χ0) is 59.1. The van der Waals surface area contributed by atoms with Gasteiger partial charge in [0.15, 0.2) is 39.9 Å². The molecule has 5 atom stereocenters. The van der Waals surface area contributed by atoms with E-state index in [2.05, 4.69) is 86.6 Å². The number of anilines is 3. The number of carbonyl (C=O) groups excluding carboxylic acids is 2. The van der Waals surface area contributed by atoms with Gasteiger partial charge in [0.25, 0.3) is 10.1 Å². The third kappa shape index (κ3) is 17.4. The van der Waals surface area contributed by atoms with E-state index < -0.39 is 33.2 Å². The van der Waals surface area contributed by atoms with Crippen LogP contribution in [0.5, 0.6) is 23.0 Å². The molecule has 0 aliphatic carbocycles. The van der Waals surface area contributed by atoms with Gasteiger partial charge in [0, 0.05) is 84.4 Å². The summed E-state index contributed by atoms with van der Waals surface area (Å²) in [5.74, 6) is -0.0834. The lowest BCUT2D eigenvalue weighted by Crippen LogP contribution is -2.45. The summed E-state index contributed by atoms with van der Waals surface area (Å²) in [6, 6.07) is 29.3. The van der Waals surface area contributed by atoms with E-state index in [0.717, 1.165) is 47.2 Å². The molecule has 0 amide bonds. The molecule has 5 aromatic rings. The molecule has 2 aliphatic rings. The lowest BCUT2D eigenvalue weighted by atomic mass is 9.75. The van der Waals surface area contributed by atoms with E-state index in [1.165, 1.54) is 18.2 Å². The molecule has 82 heavy (non-hydrogen) atoms. The molecule has 2 heterocycles. The van der Waals surface area contributed by atoms with E-state index in [-0.39, 0.29) is 52.3 Å². The first-order valence-electron chi connectivity index (χ1n) is 28.7. The minimum absolute atomic E-state index is 0.0279. The van der Waals surface area contributed by atoms with Gasteiger partial charge in [-0.05, 0) is 134 Å².